The molecule has 0 bridgehead atoms. The molecule has 1 aliphatic heterocycles. The number of imidazole rings is 1. The molecule has 0 saturated carbocycles. The van der Waals surface area contributed by atoms with Gasteiger partial charge in [0.1, 0.15) is 22.2 Å². The average molecular weight is 449 g/mol. The Hall–Kier alpha value is -3.92. The van der Waals surface area contributed by atoms with Crippen molar-refractivity contribution in [3.05, 3.63) is 82.0 Å². The Morgan fingerprint density at radius 3 is 2.53 bits per heavy atom. The van der Waals surface area contributed by atoms with Gasteiger partial charge in [-0.05, 0) is 43.7 Å². The molecule has 1 amide bonds. The lowest BCUT2D eigenvalue weighted by Crippen LogP contribution is -2.29. The highest BCUT2D eigenvalue weighted by Crippen LogP contribution is 2.43. The van der Waals surface area contributed by atoms with E-state index < -0.39 is 23.5 Å². The van der Waals surface area contributed by atoms with E-state index in [9.17, 15) is 19.1 Å². The minimum Gasteiger partial charge on any atom is -0.505 e. The highest BCUT2D eigenvalue weighted by atomic mass is 32.1. The van der Waals surface area contributed by atoms with Crippen molar-refractivity contribution in [1.29, 1.82) is 0 Å². The largest absolute Gasteiger partial charge is 0.505 e. The summed E-state index contributed by atoms with van der Waals surface area (Å²) >= 11 is 1.14. The van der Waals surface area contributed by atoms with E-state index in [0.717, 1.165) is 11.3 Å². The molecule has 1 aromatic carbocycles. The maximum absolute atomic E-state index is 13.6. The second kappa shape index (κ2) is 7.34. The molecule has 160 valence electrons. The van der Waals surface area contributed by atoms with Crippen molar-refractivity contribution in [2.45, 2.75) is 19.9 Å². The Morgan fingerprint density at radius 1 is 1.09 bits per heavy atom. The summed E-state index contributed by atoms with van der Waals surface area (Å²) in [4.78, 5) is 31.9. The van der Waals surface area contributed by atoms with Crippen molar-refractivity contribution in [2.24, 2.45) is 0 Å². The van der Waals surface area contributed by atoms with Gasteiger partial charge in [-0.1, -0.05) is 29.5 Å². The molecule has 5 rings (SSSR count). The van der Waals surface area contributed by atoms with Crippen LogP contribution in [0, 0.1) is 19.7 Å². The number of amides is 1. The van der Waals surface area contributed by atoms with Crippen molar-refractivity contribution in [3.63, 3.8) is 0 Å². The highest BCUT2D eigenvalue weighted by molar-refractivity contribution is 7.15. The van der Waals surface area contributed by atoms with Gasteiger partial charge in [0.25, 0.3) is 5.78 Å². The van der Waals surface area contributed by atoms with Crippen molar-refractivity contribution in [1.82, 2.24) is 19.6 Å². The molecule has 32 heavy (non-hydrogen) atoms. The van der Waals surface area contributed by atoms with Gasteiger partial charge in [-0.3, -0.25) is 18.9 Å². The fraction of sp³-hybridized carbons (Fsp3) is 0.136. The number of aromatic nitrogens is 4. The molecular weight excluding hydrogens is 433 g/mol. The van der Waals surface area contributed by atoms with Crippen LogP contribution in [0.2, 0.25) is 0 Å². The summed E-state index contributed by atoms with van der Waals surface area (Å²) in [5, 5.41) is 20.1. The van der Waals surface area contributed by atoms with Crippen LogP contribution in [0.1, 0.15) is 28.0 Å². The van der Waals surface area contributed by atoms with Gasteiger partial charge in [0.05, 0.1) is 17.3 Å². The number of pyridine rings is 1. The van der Waals surface area contributed by atoms with Gasteiger partial charge in [-0.25, -0.2) is 9.37 Å². The number of rotatable bonds is 3. The first-order valence-electron chi connectivity index (χ1n) is 9.67. The number of Topliss-reactive ketones (excluding diaryl/α,β-unsaturated/α-hetero) is 1. The maximum Gasteiger partial charge on any atom is 0.301 e. The van der Waals surface area contributed by atoms with E-state index in [-0.39, 0.29) is 16.5 Å². The summed E-state index contributed by atoms with van der Waals surface area (Å²) in [5.74, 6) is -2.54. The minimum atomic E-state index is -1.00. The number of carbonyl (C=O) groups excluding carboxylic acids is 2. The topological polar surface area (TPSA) is 101 Å². The van der Waals surface area contributed by atoms with Crippen molar-refractivity contribution in [2.75, 3.05) is 4.90 Å². The summed E-state index contributed by atoms with van der Waals surface area (Å²) in [6.07, 6.45) is 1.71. The molecule has 1 unspecified atom stereocenters. The molecular formula is C22H16FN5O3S. The molecule has 1 atom stereocenters. The number of anilines is 1. The number of aryl methyl sites for hydroxylation is 2. The SMILES string of the molecule is Cc1nnc(N2C(=O)C(=O)C(=C(O)c3c(C)nc4ccccn34)C2c2ccc(F)cc2)s1. The standard InChI is InChI=1S/C22H16FN5O3S/c1-11-17(27-10-4-3-5-15(27)24-11)19(29)16-18(13-6-8-14(23)9-7-13)28(21(31)20(16)30)22-26-25-12(2)32-22/h3-10,18,29H,1-2H3. The van der Waals surface area contributed by atoms with Crippen molar-refractivity contribution < 1.29 is 19.1 Å². The van der Waals surface area contributed by atoms with Gasteiger partial charge in [0.15, 0.2) is 5.76 Å². The third-order valence-electron chi connectivity index (χ3n) is 5.28. The van der Waals surface area contributed by atoms with Crippen LogP contribution in [0.4, 0.5) is 9.52 Å². The number of benzene rings is 1. The van der Waals surface area contributed by atoms with Gasteiger partial charge >= 0.3 is 5.91 Å². The first-order chi connectivity index (χ1) is 15.4. The summed E-state index contributed by atoms with van der Waals surface area (Å²) in [5.41, 5.74) is 1.71. The van der Waals surface area contributed by atoms with E-state index in [1.165, 1.54) is 29.2 Å². The van der Waals surface area contributed by atoms with E-state index in [2.05, 4.69) is 15.2 Å². The van der Waals surface area contributed by atoms with E-state index in [4.69, 9.17) is 0 Å². The van der Waals surface area contributed by atoms with Crippen molar-refractivity contribution in [3.8, 4) is 0 Å². The third-order valence-corrected chi connectivity index (χ3v) is 6.12. The van der Waals surface area contributed by atoms with Crippen LogP contribution in [0.25, 0.3) is 11.4 Å². The van der Waals surface area contributed by atoms with Crippen LogP contribution in [-0.4, -0.2) is 36.4 Å². The Morgan fingerprint density at radius 2 is 1.84 bits per heavy atom. The van der Waals surface area contributed by atoms with Crippen LogP contribution in [0.5, 0.6) is 0 Å². The number of aliphatic hydroxyl groups excluding tert-OH is 1. The summed E-state index contributed by atoms with van der Waals surface area (Å²) in [6.45, 7) is 3.44. The smallest absolute Gasteiger partial charge is 0.301 e. The zero-order valence-electron chi connectivity index (χ0n) is 17.0. The molecule has 0 radical (unpaired) electrons. The maximum atomic E-state index is 13.6. The second-order valence-electron chi connectivity index (χ2n) is 7.30. The predicted molar refractivity (Wildman–Crippen MR) is 116 cm³/mol. The average Bonchev–Trinajstić information content (AvgIpc) is 3.42. The Kier molecular flexibility index (Phi) is 4.59. The Balaban J connectivity index is 1.78. The van der Waals surface area contributed by atoms with Crippen LogP contribution < -0.4 is 4.90 Å². The number of halogens is 1. The summed E-state index contributed by atoms with van der Waals surface area (Å²) in [7, 11) is 0. The minimum absolute atomic E-state index is 0.122. The molecule has 10 heteroatoms. The number of nitrogens with zero attached hydrogens (tertiary/aromatic N) is 5. The number of carbonyl (C=O) groups is 2. The lowest BCUT2D eigenvalue weighted by molar-refractivity contribution is -0.132. The van der Waals surface area contributed by atoms with Gasteiger partial charge in [0, 0.05) is 6.20 Å². The monoisotopic (exact) mass is 449 g/mol. The zero-order chi connectivity index (χ0) is 22.6. The molecule has 1 aliphatic rings. The van der Waals surface area contributed by atoms with E-state index in [0.29, 0.717) is 27.6 Å². The quantitative estimate of drug-likeness (QED) is 0.292. The van der Waals surface area contributed by atoms with E-state index in [1.807, 2.05) is 0 Å². The third kappa shape index (κ3) is 2.99. The lowest BCUT2D eigenvalue weighted by atomic mass is 9.96. The summed E-state index contributed by atoms with van der Waals surface area (Å²) in [6, 6.07) is 9.76. The van der Waals surface area contributed by atoms with Crippen LogP contribution >= 0.6 is 11.3 Å². The van der Waals surface area contributed by atoms with Crippen LogP contribution in [0.15, 0.2) is 54.2 Å². The van der Waals surface area contributed by atoms with E-state index >= 15 is 0 Å². The van der Waals surface area contributed by atoms with Gasteiger partial charge < -0.3 is 5.11 Å². The van der Waals surface area contributed by atoms with E-state index in [1.54, 1.807) is 42.6 Å². The van der Waals surface area contributed by atoms with Crippen molar-refractivity contribution >= 4 is 39.6 Å². The molecule has 4 aromatic rings. The normalized spacial score (nSPS) is 18.1. The lowest BCUT2D eigenvalue weighted by Gasteiger charge is -2.22. The fourth-order valence-electron chi connectivity index (χ4n) is 3.90. The molecule has 1 saturated heterocycles. The van der Waals surface area contributed by atoms with Gasteiger partial charge in [-0.2, -0.15) is 0 Å². The number of fused-ring (bicyclic) bond motifs is 1. The molecule has 4 heterocycles. The number of aliphatic hydroxyl groups is 1. The molecule has 1 fully saturated rings. The predicted octanol–water partition coefficient (Wildman–Crippen LogP) is 3.57. The van der Waals surface area contributed by atoms with Crippen LogP contribution in [0.3, 0.4) is 0 Å². The van der Waals surface area contributed by atoms with Crippen LogP contribution in [-0.2, 0) is 9.59 Å². The second-order valence-corrected chi connectivity index (χ2v) is 8.46. The molecule has 8 nitrogen and oxygen atoms in total. The fourth-order valence-corrected chi connectivity index (χ4v) is 4.61. The zero-order valence-corrected chi connectivity index (χ0v) is 17.8. The first kappa shape index (κ1) is 20.0. The summed E-state index contributed by atoms with van der Waals surface area (Å²) < 4.78 is 15.3. The molecule has 3 aromatic heterocycles. The molecule has 0 spiro atoms. The number of hydrogen-bond acceptors (Lipinski definition) is 7. The Bertz CT molecular complexity index is 1420. The highest BCUT2D eigenvalue weighted by Gasteiger charge is 2.48. The molecule has 1 N–H and O–H groups in total. The molecule has 0 aliphatic carbocycles. The number of ketones is 1. The van der Waals surface area contributed by atoms with Gasteiger partial charge in [-0.15, -0.1) is 10.2 Å². The van der Waals surface area contributed by atoms with Gasteiger partial charge in [0.2, 0.25) is 5.13 Å². The Labute approximate surface area is 185 Å². The number of hydrogen-bond donors (Lipinski definition) is 1. The first-order valence-corrected chi connectivity index (χ1v) is 10.5.